The number of nitrogens with one attached hydrogen (secondary N) is 1. The van der Waals surface area contributed by atoms with Crippen molar-refractivity contribution in [3.63, 3.8) is 0 Å². The molecule has 1 heterocycles. The molecule has 6 nitrogen and oxygen atoms in total. The highest BCUT2D eigenvalue weighted by atomic mass is 32.2. The van der Waals surface area contributed by atoms with Crippen molar-refractivity contribution in [3.8, 4) is 0 Å². The summed E-state index contributed by atoms with van der Waals surface area (Å²) in [4.78, 5) is 13.7. The van der Waals surface area contributed by atoms with Crippen LogP contribution < -0.4 is 9.62 Å². The number of hydrogen-bond acceptors (Lipinski definition) is 4. The molecule has 1 unspecified atom stereocenters. The number of benzene rings is 1. The largest absolute Gasteiger partial charge is 0.348 e. The first-order chi connectivity index (χ1) is 11.3. The molecule has 1 atom stereocenters. The summed E-state index contributed by atoms with van der Waals surface area (Å²) in [5, 5.41) is 2.81. The highest BCUT2D eigenvalue weighted by Crippen LogP contribution is 2.26. The van der Waals surface area contributed by atoms with Gasteiger partial charge in [-0.15, -0.1) is 0 Å². The van der Waals surface area contributed by atoms with E-state index >= 15 is 0 Å². The van der Waals surface area contributed by atoms with Gasteiger partial charge in [-0.05, 0) is 37.7 Å². The predicted molar refractivity (Wildman–Crippen MR) is 96.3 cm³/mol. The highest BCUT2D eigenvalue weighted by molar-refractivity contribution is 7.93. The molecule has 0 radical (unpaired) electrons. The zero-order chi connectivity index (χ0) is 17.7. The molecule has 0 saturated carbocycles. The van der Waals surface area contributed by atoms with E-state index in [1.165, 1.54) is 10.4 Å². The molecule has 7 heteroatoms. The van der Waals surface area contributed by atoms with Gasteiger partial charge in [-0.3, -0.25) is 9.10 Å². The average Bonchev–Trinajstić information content (AvgIpc) is 2.78. The second kappa shape index (κ2) is 7.81. The van der Waals surface area contributed by atoms with Gasteiger partial charge in [0.1, 0.15) is 0 Å². The van der Waals surface area contributed by atoms with Crippen molar-refractivity contribution in [1.29, 1.82) is 0 Å². The first-order valence-electron chi connectivity index (χ1n) is 7.96. The maximum absolute atomic E-state index is 12.1. The summed E-state index contributed by atoms with van der Waals surface area (Å²) >= 11 is 0. The van der Waals surface area contributed by atoms with Gasteiger partial charge >= 0.3 is 0 Å². The van der Waals surface area contributed by atoms with Crippen LogP contribution in [0.25, 0.3) is 0 Å². The van der Waals surface area contributed by atoms with Crippen LogP contribution in [0.4, 0.5) is 5.69 Å². The Morgan fingerprint density at radius 2 is 2.00 bits per heavy atom. The van der Waals surface area contributed by atoms with Crippen LogP contribution in [-0.4, -0.2) is 52.2 Å². The van der Waals surface area contributed by atoms with Crippen molar-refractivity contribution >= 4 is 21.6 Å². The smallest absolute Gasteiger partial charge is 0.243 e. The van der Waals surface area contributed by atoms with E-state index in [0.717, 1.165) is 5.56 Å². The summed E-state index contributed by atoms with van der Waals surface area (Å²) < 4.78 is 25.6. The first kappa shape index (κ1) is 18.5. The molecule has 0 bridgehead atoms. The van der Waals surface area contributed by atoms with E-state index in [1.54, 1.807) is 18.2 Å². The quantitative estimate of drug-likeness (QED) is 0.782. The molecule has 1 aliphatic rings. The normalized spacial score (nSPS) is 20.0. The number of amides is 1. The Bertz CT molecular complexity index is 696. The molecule has 1 amide bonds. The van der Waals surface area contributed by atoms with Crippen molar-refractivity contribution in [1.82, 2.24) is 10.2 Å². The van der Waals surface area contributed by atoms with Gasteiger partial charge in [-0.1, -0.05) is 25.1 Å². The lowest BCUT2D eigenvalue weighted by Gasteiger charge is -2.17. The molecule has 0 aliphatic carbocycles. The average molecular weight is 351 g/mol. The second-order valence-electron chi connectivity index (χ2n) is 6.46. The monoisotopic (exact) mass is 351 g/mol. The fourth-order valence-electron chi connectivity index (χ4n) is 2.56. The summed E-state index contributed by atoms with van der Waals surface area (Å²) in [5.74, 6) is 0.198. The number of anilines is 1. The van der Waals surface area contributed by atoms with E-state index in [4.69, 9.17) is 0 Å². The van der Waals surface area contributed by atoms with Gasteiger partial charge < -0.3 is 10.2 Å². The van der Waals surface area contributed by atoms with Crippen LogP contribution in [0.3, 0.4) is 0 Å². The van der Waals surface area contributed by atoms with E-state index in [-0.39, 0.29) is 17.6 Å². The number of sulfonamides is 1. The Hall–Kier alpha value is -1.86. The molecule has 0 spiro atoms. The van der Waals surface area contributed by atoms with Gasteiger partial charge in [0.15, 0.2) is 0 Å². The number of rotatable bonds is 6. The molecule has 1 aromatic carbocycles. The van der Waals surface area contributed by atoms with Crippen molar-refractivity contribution < 1.29 is 13.2 Å². The number of nitrogens with zero attached hydrogens (tertiary/aromatic N) is 2. The van der Waals surface area contributed by atoms with Gasteiger partial charge in [-0.2, -0.15) is 0 Å². The van der Waals surface area contributed by atoms with Crippen LogP contribution in [-0.2, 0) is 21.4 Å². The highest BCUT2D eigenvalue weighted by Gasteiger charge is 2.33. The number of carbonyl (C=O) groups excluding carboxylic acids is 1. The SMILES string of the molecule is CC1CN(c2ccc(CNC(=O)/C=C/CN(C)C)cc2)S(=O)(=O)C1. The Morgan fingerprint density at radius 1 is 1.33 bits per heavy atom. The fourth-order valence-corrected chi connectivity index (χ4v) is 4.49. The lowest BCUT2D eigenvalue weighted by molar-refractivity contribution is -0.116. The molecule has 1 fully saturated rings. The molecule has 1 aliphatic heterocycles. The fraction of sp³-hybridized carbons (Fsp3) is 0.471. The minimum atomic E-state index is -3.19. The van der Waals surface area contributed by atoms with Crippen LogP contribution >= 0.6 is 0 Å². The molecular formula is C17H25N3O3S. The third kappa shape index (κ3) is 5.07. The standard InChI is InChI=1S/C17H25N3O3S/c1-14-12-20(24(22,23)13-14)16-8-6-15(7-9-16)11-18-17(21)5-4-10-19(2)3/h4-9,14H,10-13H2,1-3H3,(H,18,21)/b5-4+. The Morgan fingerprint density at radius 3 is 2.54 bits per heavy atom. The molecule has 24 heavy (non-hydrogen) atoms. The van der Waals surface area contributed by atoms with Gasteiger partial charge in [0.25, 0.3) is 0 Å². The molecule has 2 rings (SSSR count). The van der Waals surface area contributed by atoms with Crippen molar-refractivity contribution in [2.24, 2.45) is 5.92 Å². The van der Waals surface area contributed by atoms with Crippen LogP contribution in [0.15, 0.2) is 36.4 Å². The van der Waals surface area contributed by atoms with E-state index in [9.17, 15) is 13.2 Å². The first-order valence-corrected chi connectivity index (χ1v) is 9.57. The minimum Gasteiger partial charge on any atom is -0.348 e. The second-order valence-corrected chi connectivity index (χ2v) is 8.40. The van der Waals surface area contributed by atoms with E-state index in [2.05, 4.69) is 5.32 Å². The van der Waals surface area contributed by atoms with Crippen LogP contribution in [0.1, 0.15) is 12.5 Å². The van der Waals surface area contributed by atoms with Gasteiger partial charge in [0.2, 0.25) is 15.9 Å². The summed E-state index contributed by atoms with van der Waals surface area (Å²) in [7, 11) is 0.676. The predicted octanol–water partition coefficient (Wildman–Crippen LogP) is 1.21. The van der Waals surface area contributed by atoms with Gasteiger partial charge in [-0.25, -0.2) is 8.42 Å². The minimum absolute atomic E-state index is 0.142. The molecule has 1 aromatic rings. The maximum Gasteiger partial charge on any atom is 0.243 e. The molecular weight excluding hydrogens is 326 g/mol. The number of hydrogen-bond donors (Lipinski definition) is 1. The number of likely N-dealkylation sites (N-methyl/N-ethyl adjacent to an activating group) is 1. The summed E-state index contributed by atoms with van der Waals surface area (Å²) in [6.07, 6.45) is 3.32. The lowest BCUT2D eigenvalue weighted by atomic mass is 10.2. The molecule has 1 saturated heterocycles. The third-order valence-corrected chi connectivity index (χ3v) is 5.76. The maximum atomic E-state index is 12.1. The van der Waals surface area contributed by atoms with E-state index in [0.29, 0.717) is 25.3 Å². The Kier molecular flexibility index (Phi) is 6.01. The summed E-state index contributed by atoms with van der Waals surface area (Å²) in [6.45, 7) is 3.58. The Labute approximate surface area is 144 Å². The van der Waals surface area contributed by atoms with Crippen LogP contribution in [0.5, 0.6) is 0 Å². The molecule has 0 aromatic heterocycles. The Balaban J connectivity index is 1.91. The number of carbonyl (C=O) groups is 1. The summed E-state index contributed by atoms with van der Waals surface area (Å²) in [5.41, 5.74) is 1.61. The van der Waals surface area contributed by atoms with Crippen molar-refractivity contribution in [3.05, 3.63) is 42.0 Å². The zero-order valence-corrected chi connectivity index (χ0v) is 15.2. The van der Waals surface area contributed by atoms with Gasteiger partial charge in [0.05, 0.1) is 11.4 Å². The van der Waals surface area contributed by atoms with Crippen LogP contribution in [0, 0.1) is 5.92 Å². The van der Waals surface area contributed by atoms with Gasteiger partial charge in [0, 0.05) is 25.7 Å². The third-order valence-electron chi connectivity index (χ3n) is 3.74. The van der Waals surface area contributed by atoms with Crippen molar-refractivity contribution in [2.45, 2.75) is 13.5 Å². The topological polar surface area (TPSA) is 69.7 Å². The molecule has 1 N–H and O–H groups in total. The lowest BCUT2D eigenvalue weighted by Crippen LogP contribution is -2.25. The van der Waals surface area contributed by atoms with E-state index < -0.39 is 10.0 Å². The van der Waals surface area contributed by atoms with Crippen molar-refractivity contribution in [2.75, 3.05) is 37.2 Å². The van der Waals surface area contributed by atoms with Crippen LogP contribution in [0.2, 0.25) is 0 Å². The molecule has 132 valence electrons. The summed E-state index contributed by atoms with van der Waals surface area (Å²) in [6, 6.07) is 7.27. The van der Waals surface area contributed by atoms with E-state index in [1.807, 2.05) is 38.1 Å². The zero-order valence-electron chi connectivity index (χ0n) is 14.4.